The van der Waals surface area contributed by atoms with Gasteiger partial charge in [-0.05, 0) is 18.2 Å². The maximum Gasteiger partial charge on any atom is 0.138 e. The SMILES string of the molecule is c1ccc(-n2cncn2)c(-c2cn3ccccc3n2)c1. The van der Waals surface area contributed by atoms with Crippen molar-refractivity contribution in [2.45, 2.75) is 0 Å². The Morgan fingerprint density at radius 2 is 1.85 bits per heavy atom. The van der Waals surface area contributed by atoms with E-state index in [2.05, 4.69) is 15.1 Å². The van der Waals surface area contributed by atoms with E-state index in [1.54, 1.807) is 11.0 Å². The predicted octanol–water partition coefficient (Wildman–Crippen LogP) is 2.58. The molecular weight excluding hydrogens is 250 g/mol. The summed E-state index contributed by atoms with van der Waals surface area (Å²) in [5.41, 5.74) is 3.84. The molecule has 0 aliphatic rings. The van der Waals surface area contributed by atoms with Crippen LogP contribution in [0.25, 0.3) is 22.6 Å². The van der Waals surface area contributed by atoms with Crippen LogP contribution in [0.4, 0.5) is 0 Å². The van der Waals surface area contributed by atoms with Crippen LogP contribution in [0.1, 0.15) is 0 Å². The molecular formula is C15H11N5. The minimum Gasteiger partial charge on any atom is -0.306 e. The Bertz CT molecular complexity index is 828. The van der Waals surface area contributed by atoms with Gasteiger partial charge < -0.3 is 4.40 Å². The van der Waals surface area contributed by atoms with Crippen LogP contribution in [0.5, 0.6) is 0 Å². The van der Waals surface area contributed by atoms with Crippen LogP contribution in [0.3, 0.4) is 0 Å². The number of imidazole rings is 1. The summed E-state index contributed by atoms with van der Waals surface area (Å²) in [6.07, 6.45) is 7.23. The molecule has 96 valence electrons. The molecule has 5 heteroatoms. The number of hydrogen-bond donors (Lipinski definition) is 0. The van der Waals surface area contributed by atoms with E-state index in [0.29, 0.717) is 0 Å². The first kappa shape index (κ1) is 10.9. The van der Waals surface area contributed by atoms with Crippen molar-refractivity contribution in [1.29, 1.82) is 0 Å². The number of nitrogens with zero attached hydrogens (tertiary/aromatic N) is 5. The highest BCUT2D eigenvalue weighted by molar-refractivity contribution is 5.71. The van der Waals surface area contributed by atoms with Gasteiger partial charge in [-0.25, -0.2) is 14.6 Å². The molecule has 3 heterocycles. The molecule has 0 fully saturated rings. The molecule has 0 saturated heterocycles. The molecule has 0 N–H and O–H groups in total. The molecule has 1 aromatic carbocycles. The fourth-order valence-corrected chi connectivity index (χ4v) is 2.29. The highest BCUT2D eigenvalue weighted by atomic mass is 15.3. The third-order valence-electron chi connectivity index (χ3n) is 3.21. The summed E-state index contributed by atoms with van der Waals surface area (Å²) in [5.74, 6) is 0. The number of para-hydroxylation sites is 1. The van der Waals surface area contributed by atoms with Crippen molar-refractivity contribution in [2.24, 2.45) is 0 Å². The molecule has 4 rings (SSSR count). The van der Waals surface area contributed by atoms with Crippen LogP contribution in [0.2, 0.25) is 0 Å². The number of aromatic nitrogens is 5. The van der Waals surface area contributed by atoms with E-state index in [1.165, 1.54) is 6.33 Å². The lowest BCUT2D eigenvalue weighted by Crippen LogP contribution is -1.97. The van der Waals surface area contributed by atoms with Crippen LogP contribution < -0.4 is 0 Å². The Labute approximate surface area is 115 Å². The molecule has 0 aliphatic heterocycles. The predicted molar refractivity (Wildman–Crippen MR) is 75.5 cm³/mol. The fourth-order valence-electron chi connectivity index (χ4n) is 2.29. The van der Waals surface area contributed by atoms with Gasteiger partial charge in [0.1, 0.15) is 18.3 Å². The van der Waals surface area contributed by atoms with Crippen molar-refractivity contribution < 1.29 is 0 Å². The topological polar surface area (TPSA) is 48.0 Å². The first-order valence-corrected chi connectivity index (χ1v) is 6.30. The zero-order chi connectivity index (χ0) is 13.4. The second-order valence-electron chi connectivity index (χ2n) is 4.45. The summed E-state index contributed by atoms with van der Waals surface area (Å²) < 4.78 is 3.76. The average molecular weight is 261 g/mol. The summed E-state index contributed by atoms with van der Waals surface area (Å²) in [6, 6.07) is 14.0. The van der Waals surface area contributed by atoms with E-state index in [1.807, 2.05) is 59.3 Å². The zero-order valence-corrected chi connectivity index (χ0v) is 10.6. The van der Waals surface area contributed by atoms with Crippen LogP contribution in [0, 0.1) is 0 Å². The molecule has 20 heavy (non-hydrogen) atoms. The van der Waals surface area contributed by atoms with Crippen LogP contribution in [0.15, 0.2) is 67.5 Å². The molecule has 3 aromatic heterocycles. The number of pyridine rings is 1. The molecule has 0 atom stereocenters. The number of rotatable bonds is 2. The van der Waals surface area contributed by atoms with Gasteiger partial charge in [-0.1, -0.05) is 24.3 Å². The van der Waals surface area contributed by atoms with Gasteiger partial charge in [-0.15, -0.1) is 0 Å². The Balaban J connectivity index is 1.94. The fraction of sp³-hybridized carbons (Fsp3) is 0. The molecule has 0 radical (unpaired) electrons. The van der Waals surface area contributed by atoms with Crippen molar-refractivity contribution in [3.63, 3.8) is 0 Å². The van der Waals surface area contributed by atoms with E-state index in [4.69, 9.17) is 0 Å². The van der Waals surface area contributed by atoms with Crippen LogP contribution in [-0.4, -0.2) is 24.1 Å². The van der Waals surface area contributed by atoms with E-state index < -0.39 is 0 Å². The summed E-state index contributed by atoms with van der Waals surface area (Å²) in [4.78, 5) is 8.66. The van der Waals surface area contributed by atoms with E-state index in [-0.39, 0.29) is 0 Å². The first-order chi connectivity index (χ1) is 9.92. The van der Waals surface area contributed by atoms with E-state index >= 15 is 0 Å². The van der Waals surface area contributed by atoms with E-state index in [9.17, 15) is 0 Å². The van der Waals surface area contributed by atoms with Gasteiger partial charge in [0.2, 0.25) is 0 Å². The quantitative estimate of drug-likeness (QED) is 0.557. The van der Waals surface area contributed by atoms with Crippen LogP contribution in [-0.2, 0) is 0 Å². The maximum absolute atomic E-state index is 4.65. The molecule has 0 spiro atoms. The zero-order valence-electron chi connectivity index (χ0n) is 10.6. The van der Waals surface area contributed by atoms with Gasteiger partial charge in [0.25, 0.3) is 0 Å². The molecule has 0 saturated carbocycles. The van der Waals surface area contributed by atoms with Crippen molar-refractivity contribution >= 4 is 5.65 Å². The van der Waals surface area contributed by atoms with Gasteiger partial charge in [-0.2, -0.15) is 5.10 Å². The molecule has 0 aliphatic carbocycles. The minimum atomic E-state index is 0.919. The normalized spacial score (nSPS) is 11.0. The second kappa shape index (κ2) is 4.31. The smallest absolute Gasteiger partial charge is 0.138 e. The maximum atomic E-state index is 4.65. The molecule has 0 unspecified atom stereocenters. The monoisotopic (exact) mass is 261 g/mol. The highest BCUT2D eigenvalue weighted by Gasteiger charge is 2.10. The van der Waals surface area contributed by atoms with Gasteiger partial charge in [0, 0.05) is 18.0 Å². The molecule has 4 aromatic rings. The Morgan fingerprint density at radius 3 is 2.70 bits per heavy atom. The Kier molecular flexibility index (Phi) is 2.35. The van der Waals surface area contributed by atoms with Gasteiger partial charge in [0.05, 0.1) is 11.4 Å². The molecule has 0 bridgehead atoms. The first-order valence-electron chi connectivity index (χ1n) is 6.30. The van der Waals surface area contributed by atoms with Gasteiger partial charge in [0.15, 0.2) is 0 Å². The van der Waals surface area contributed by atoms with Crippen molar-refractivity contribution in [1.82, 2.24) is 24.1 Å². The Hall–Kier alpha value is -2.95. The largest absolute Gasteiger partial charge is 0.306 e. The Morgan fingerprint density at radius 1 is 0.950 bits per heavy atom. The second-order valence-corrected chi connectivity index (χ2v) is 4.45. The van der Waals surface area contributed by atoms with Crippen molar-refractivity contribution in [3.05, 3.63) is 67.5 Å². The summed E-state index contributed by atoms with van der Waals surface area (Å²) in [6.45, 7) is 0. The lowest BCUT2D eigenvalue weighted by molar-refractivity contribution is 0.880. The molecule has 0 amide bonds. The lowest BCUT2D eigenvalue weighted by atomic mass is 10.1. The standard InChI is InChI=1S/C15H11N5/c1-2-6-14(20-11-16-10-17-20)12(5-1)13-9-19-8-4-3-7-15(19)18-13/h1-11H. The minimum absolute atomic E-state index is 0.919. The van der Waals surface area contributed by atoms with Gasteiger partial charge >= 0.3 is 0 Å². The third-order valence-corrected chi connectivity index (χ3v) is 3.21. The highest BCUT2D eigenvalue weighted by Crippen LogP contribution is 2.25. The summed E-state index contributed by atoms with van der Waals surface area (Å²) >= 11 is 0. The average Bonchev–Trinajstić information content (AvgIpc) is 3.16. The lowest BCUT2D eigenvalue weighted by Gasteiger charge is -2.05. The number of hydrogen-bond acceptors (Lipinski definition) is 3. The summed E-state index contributed by atoms with van der Waals surface area (Å²) in [7, 11) is 0. The summed E-state index contributed by atoms with van der Waals surface area (Å²) in [5, 5.41) is 4.20. The number of benzene rings is 1. The van der Waals surface area contributed by atoms with Crippen molar-refractivity contribution in [3.8, 4) is 16.9 Å². The van der Waals surface area contributed by atoms with Crippen molar-refractivity contribution in [2.75, 3.05) is 0 Å². The van der Waals surface area contributed by atoms with E-state index in [0.717, 1.165) is 22.6 Å². The molecule has 5 nitrogen and oxygen atoms in total. The van der Waals surface area contributed by atoms with Crippen LogP contribution >= 0.6 is 0 Å². The number of fused-ring (bicyclic) bond motifs is 1. The van der Waals surface area contributed by atoms with Gasteiger partial charge in [-0.3, -0.25) is 0 Å². The third kappa shape index (κ3) is 1.68.